The van der Waals surface area contributed by atoms with Crippen molar-refractivity contribution in [3.63, 3.8) is 0 Å². The van der Waals surface area contributed by atoms with Crippen molar-refractivity contribution in [2.45, 2.75) is 283 Å². The van der Waals surface area contributed by atoms with Crippen molar-refractivity contribution in [2.75, 3.05) is 40.9 Å². The van der Waals surface area contributed by atoms with Gasteiger partial charge in [0.05, 0.1) is 39.9 Å². The van der Waals surface area contributed by atoms with Crippen LogP contribution in [0.2, 0.25) is 0 Å². The number of phosphoric ester groups is 1. The van der Waals surface area contributed by atoms with Gasteiger partial charge in [-0.1, -0.05) is 243 Å². The van der Waals surface area contributed by atoms with Crippen molar-refractivity contribution in [1.29, 1.82) is 0 Å². The van der Waals surface area contributed by atoms with Gasteiger partial charge in [-0.3, -0.25) is 13.8 Å². The van der Waals surface area contributed by atoms with E-state index in [1.54, 1.807) is 6.08 Å². The number of rotatable bonds is 52. The van der Waals surface area contributed by atoms with Crippen LogP contribution in [-0.4, -0.2) is 73.4 Å². The van der Waals surface area contributed by atoms with Gasteiger partial charge in [-0.15, -0.1) is 0 Å². The summed E-state index contributed by atoms with van der Waals surface area (Å²) in [5, 5.41) is 13.8. The Balaban J connectivity index is 3.86. The van der Waals surface area contributed by atoms with E-state index in [2.05, 4.69) is 43.5 Å². The average molecular weight is 953 g/mol. The number of quaternary nitrogens is 1. The zero-order chi connectivity index (χ0) is 48.5. The maximum Gasteiger partial charge on any atom is 0.472 e. The van der Waals surface area contributed by atoms with Gasteiger partial charge in [-0.05, 0) is 57.8 Å². The Bertz CT molecular complexity index is 1170. The molecule has 0 aliphatic carbocycles. The Morgan fingerprint density at radius 3 is 1.24 bits per heavy atom. The van der Waals surface area contributed by atoms with E-state index in [-0.39, 0.29) is 19.1 Å². The Hall–Kier alpha value is -1.28. The van der Waals surface area contributed by atoms with Crippen LogP contribution in [0.3, 0.4) is 0 Å². The number of likely N-dealkylation sites (N-methyl/N-ethyl adjacent to an activating group) is 1. The Morgan fingerprint density at radius 1 is 0.500 bits per heavy atom. The molecule has 0 aliphatic heterocycles. The number of phosphoric acid groups is 1. The third kappa shape index (κ3) is 50.6. The first-order valence-corrected chi connectivity index (χ1v) is 29.9. The molecule has 0 heterocycles. The molecule has 0 aliphatic rings. The van der Waals surface area contributed by atoms with Gasteiger partial charge in [-0.25, -0.2) is 4.57 Å². The van der Waals surface area contributed by atoms with Gasteiger partial charge in [0.2, 0.25) is 5.91 Å². The molecule has 0 bridgehead atoms. The first-order chi connectivity index (χ1) is 32.0. The number of aliphatic hydroxyl groups is 1. The fourth-order valence-corrected chi connectivity index (χ4v) is 9.08. The van der Waals surface area contributed by atoms with Crippen molar-refractivity contribution < 1.29 is 32.9 Å². The molecule has 3 N–H and O–H groups in total. The van der Waals surface area contributed by atoms with E-state index in [0.717, 1.165) is 38.5 Å². The summed E-state index contributed by atoms with van der Waals surface area (Å²) >= 11 is 0. The highest BCUT2D eigenvalue weighted by Crippen LogP contribution is 2.43. The van der Waals surface area contributed by atoms with Crippen LogP contribution in [0.1, 0.15) is 271 Å². The number of nitrogens with zero attached hydrogens (tertiary/aromatic N) is 1. The SMILES string of the molecule is CCCCC/C=C/CC/C=C/C(O)C(COP(=O)(O)OCC[N+](C)(C)C)NC(=O)CCCCCCCCCCCCCCCCCCCCCCCCC/C=C\CCCCCCCCCC. The molecule has 0 rings (SSSR count). The summed E-state index contributed by atoms with van der Waals surface area (Å²) in [5.74, 6) is -0.186. The minimum absolute atomic E-state index is 0.0572. The molecule has 3 atom stereocenters. The van der Waals surface area contributed by atoms with Crippen molar-refractivity contribution in [3.8, 4) is 0 Å². The van der Waals surface area contributed by atoms with Crippen molar-refractivity contribution in [1.82, 2.24) is 5.32 Å². The lowest BCUT2D eigenvalue weighted by molar-refractivity contribution is -0.870. The van der Waals surface area contributed by atoms with Crippen molar-refractivity contribution >= 4 is 13.7 Å². The van der Waals surface area contributed by atoms with E-state index in [4.69, 9.17) is 9.05 Å². The van der Waals surface area contributed by atoms with E-state index in [0.29, 0.717) is 17.4 Å². The minimum Gasteiger partial charge on any atom is -0.387 e. The van der Waals surface area contributed by atoms with E-state index >= 15 is 0 Å². The van der Waals surface area contributed by atoms with Crippen molar-refractivity contribution in [3.05, 3.63) is 36.5 Å². The number of nitrogens with one attached hydrogen (secondary N) is 1. The highest BCUT2D eigenvalue weighted by Gasteiger charge is 2.27. The van der Waals surface area contributed by atoms with Crippen LogP contribution in [0.15, 0.2) is 36.5 Å². The van der Waals surface area contributed by atoms with Crippen LogP contribution in [-0.2, 0) is 18.4 Å². The molecule has 0 radical (unpaired) electrons. The first kappa shape index (κ1) is 64.7. The van der Waals surface area contributed by atoms with Gasteiger partial charge < -0.3 is 19.8 Å². The lowest BCUT2D eigenvalue weighted by atomic mass is 10.0. The molecular weight excluding hydrogens is 840 g/mol. The number of hydrogen-bond acceptors (Lipinski definition) is 5. The highest BCUT2D eigenvalue weighted by molar-refractivity contribution is 7.47. The van der Waals surface area contributed by atoms with Gasteiger partial charge in [0.25, 0.3) is 0 Å². The number of allylic oxidation sites excluding steroid dienone is 5. The fourth-order valence-electron chi connectivity index (χ4n) is 8.35. The first-order valence-electron chi connectivity index (χ1n) is 28.4. The monoisotopic (exact) mass is 952 g/mol. The molecule has 66 heavy (non-hydrogen) atoms. The van der Waals surface area contributed by atoms with Crippen LogP contribution >= 0.6 is 7.82 Å². The molecule has 0 aromatic heterocycles. The van der Waals surface area contributed by atoms with Gasteiger partial charge >= 0.3 is 7.82 Å². The van der Waals surface area contributed by atoms with Crippen LogP contribution in [0, 0.1) is 0 Å². The van der Waals surface area contributed by atoms with Gasteiger partial charge in [0.15, 0.2) is 0 Å². The van der Waals surface area contributed by atoms with E-state index in [1.165, 1.54) is 212 Å². The lowest BCUT2D eigenvalue weighted by Crippen LogP contribution is -2.45. The molecule has 0 fully saturated rings. The molecule has 0 saturated carbocycles. The second kappa shape index (κ2) is 48.7. The number of carbonyl (C=O) groups excluding carboxylic acids is 1. The molecule has 0 saturated heterocycles. The molecule has 0 aromatic rings. The molecular formula is C57H112N2O6P+. The zero-order valence-electron chi connectivity index (χ0n) is 44.4. The molecule has 390 valence electrons. The van der Waals surface area contributed by atoms with Crippen LogP contribution in [0.4, 0.5) is 0 Å². The Labute approximate surface area is 410 Å². The lowest BCUT2D eigenvalue weighted by Gasteiger charge is -2.25. The summed E-state index contributed by atoms with van der Waals surface area (Å²) in [5.41, 5.74) is 0. The predicted molar refractivity (Wildman–Crippen MR) is 286 cm³/mol. The summed E-state index contributed by atoms with van der Waals surface area (Å²) in [7, 11) is 1.56. The molecule has 0 spiro atoms. The summed E-state index contributed by atoms with van der Waals surface area (Å²) in [6.45, 7) is 4.76. The quantitative estimate of drug-likeness (QED) is 0.0243. The summed E-state index contributed by atoms with van der Waals surface area (Å²) in [4.78, 5) is 23.1. The number of hydrogen-bond donors (Lipinski definition) is 3. The number of carbonyl (C=O) groups is 1. The average Bonchev–Trinajstić information content (AvgIpc) is 3.28. The van der Waals surface area contributed by atoms with Gasteiger partial charge in [0, 0.05) is 6.42 Å². The number of aliphatic hydroxyl groups excluding tert-OH is 1. The van der Waals surface area contributed by atoms with E-state index < -0.39 is 20.0 Å². The number of amides is 1. The van der Waals surface area contributed by atoms with Crippen LogP contribution in [0.25, 0.3) is 0 Å². The largest absolute Gasteiger partial charge is 0.472 e. The van der Waals surface area contributed by atoms with Crippen LogP contribution < -0.4 is 5.32 Å². The van der Waals surface area contributed by atoms with Gasteiger partial charge in [-0.2, -0.15) is 0 Å². The maximum absolute atomic E-state index is 12.9. The molecule has 9 heteroatoms. The standard InChI is InChI=1S/C57H111N2O6P/c1-6-8-10-12-14-16-17-18-19-20-21-22-23-24-25-26-27-28-29-30-31-32-33-34-35-36-37-38-39-40-41-43-45-47-49-51-57(61)58-55(54-65-66(62,63)64-53-52-59(3,4)5)56(60)50-48-46-44-42-15-13-11-9-7-2/h15,20-21,42,48,50,55-56,60H,6-14,16-19,22-41,43-47,49,51-54H2,1-5H3,(H-,58,61,62,63)/p+1/b21-20-,42-15+,50-48+. The normalized spacial score (nSPS) is 14.2. The maximum atomic E-state index is 12.9. The predicted octanol–water partition coefficient (Wildman–Crippen LogP) is 17.0. The minimum atomic E-state index is -4.34. The Morgan fingerprint density at radius 2 is 0.833 bits per heavy atom. The van der Waals surface area contributed by atoms with Crippen molar-refractivity contribution in [2.24, 2.45) is 0 Å². The smallest absolute Gasteiger partial charge is 0.387 e. The second-order valence-corrected chi connectivity index (χ2v) is 22.1. The molecule has 1 amide bonds. The zero-order valence-corrected chi connectivity index (χ0v) is 45.3. The van der Waals surface area contributed by atoms with E-state index in [9.17, 15) is 19.4 Å². The van der Waals surface area contributed by atoms with Gasteiger partial charge in [0.1, 0.15) is 13.2 Å². The summed E-state index contributed by atoms with van der Waals surface area (Å²) < 4.78 is 23.5. The summed E-state index contributed by atoms with van der Waals surface area (Å²) in [6, 6.07) is -0.859. The molecule has 8 nitrogen and oxygen atoms in total. The number of unbranched alkanes of at least 4 members (excludes halogenated alkanes) is 35. The Kier molecular flexibility index (Phi) is 47.8. The van der Waals surface area contributed by atoms with E-state index in [1.807, 2.05) is 27.2 Å². The highest BCUT2D eigenvalue weighted by atomic mass is 31.2. The fraction of sp³-hybridized carbons (Fsp3) is 0.877. The molecule has 3 unspecified atom stereocenters. The third-order valence-electron chi connectivity index (χ3n) is 12.8. The third-order valence-corrected chi connectivity index (χ3v) is 13.8. The second-order valence-electron chi connectivity index (χ2n) is 20.7. The molecule has 0 aromatic carbocycles. The summed E-state index contributed by atoms with van der Waals surface area (Å²) in [6.07, 6.45) is 62.9. The van der Waals surface area contributed by atoms with Crippen LogP contribution in [0.5, 0.6) is 0 Å². The topological polar surface area (TPSA) is 105 Å².